The van der Waals surface area contributed by atoms with Gasteiger partial charge in [-0.15, -0.1) is 4.80 Å². The number of nitrogen functional groups attached to an aromatic ring is 1. The Labute approximate surface area is 213 Å². The Hall–Kier alpha value is -3.78. The Morgan fingerprint density at radius 1 is 1.17 bits per heavy atom. The molecule has 0 fully saturated rings. The van der Waals surface area contributed by atoms with Gasteiger partial charge in [-0.25, -0.2) is 14.4 Å². The molecule has 0 radical (unpaired) electrons. The Kier molecular flexibility index (Phi) is 6.82. The van der Waals surface area contributed by atoms with E-state index in [1.54, 1.807) is 0 Å². The van der Waals surface area contributed by atoms with Gasteiger partial charge < -0.3 is 15.8 Å². The van der Waals surface area contributed by atoms with Crippen LogP contribution in [0.1, 0.15) is 15.9 Å². The predicted molar refractivity (Wildman–Crippen MR) is 125 cm³/mol. The maximum absolute atomic E-state index is 15.1. The maximum Gasteiger partial charge on any atom is 0.420 e. The van der Waals surface area contributed by atoms with Gasteiger partial charge in [0.25, 0.3) is 5.91 Å². The second kappa shape index (κ2) is 9.70. The molecule has 15 heteroatoms. The van der Waals surface area contributed by atoms with E-state index in [-0.39, 0.29) is 39.0 Å². The highest BCUT2D eigenvalue weighted by Crippen LogP contribution is 2.40. The van der Waals surface area contributed by atoms with Crippen LogP contribution in [-0.4, -0.2) is 38.0 Å². The van der Waals surface area contributed by atoms with Crippen molar-refractivity contribution in [2.45, 2.75) is 6.18 Å². The Morgan fingerprint density at radius 2 is 1.86 bits per heavy atom. The summed E-state index contributed by atoms with van der Waals surface area (Å²) < 4.78 is 61.3. The number of benzene rings is 1. The van der Waals surface area contributed by atoms with E-state index >= 15 is 4.39 Å². The number of amides is 1. The number of halogens is 6. The number of aromatic nitrogens is 5. The van der Waals surface area contributed by atoms with Crippen LogP contribution in [0.2, 0.25) is 5.02 Å². The highest BCUT2D eigenvalue weighted by Gasteiger charge is 2.36. The summed E-state index contributed by atoms with van der Waals surface area (Å²) in [4.78, 5) is 21.2. The van der Waals surface area contributed by atoms with Crippen molar-refractivity contribution in [2.24, 2.45) is 0 Å². The number of anilines is 2. The fourth-order valence-electron chi connectivity index (χ4n) is 3.25. The van der Waals surface area contributed by atoms with Crippen molar-refractivity contribution in [3.05, 3.63) is 69.4 Å². The zero-order valence-corrected chi connectivity index (χ0v) is 20.3. The number of rotatable bonds is 5. The summed E-state index contributed by atoms with van der Waals surface area (Å²) in [5, 5.41) is 9.36. The minimum absolute atomic E-state index is 0.0246. The number of hydrogen-bond donors (Lipinski definition) is 2. The van der Waals surface area contributed by atoms with Crippen molar-refractivity contribution in [1.29, 1.82) is 0 Å². The average Bonchev–Trinajstić information content (AvgIpc) is 3.35. The molecule has 0 aliphatic heterocycles. The summed E-state index contributed by atoms with van der Waals surface area (Å²) in [6.45, 7) is 0. The lowest BCUT2D eigenvalue weighted by molar-refractivity contribution is -0.137. The molecule has 3 N–H and O–H groups in total. The first-order valence-corrected chi connectivity index (χ1v) is 10.9. The fraction of sp³-hybridized carbons (Fsp3) is 0.0952. The van der Waals surface area contributed by atoms with Crippen LogP contribution >= 0.6 is 27.5 Å². The third-order valence-corrected chi connectivity index (χ3v) is 5.75. The van der Waals surface area contributed by atoms with Crippen LogP contribution in [0.15, 0.2) is 47.5 Å². The smallest absolute Gasteiger partial charge is 0.420 e. The van der Waals surface area contributed by atoms with Crippen LogP contribution in [0.5, 0.6) is 5.88 Å². The molecule has 0 saturated carbocycles. The summed E-state index contributed by atoms with van der Waals surface area (Å²) in [7, 11) is 1.34. The minimum Gasteiger partial charge on any atom is -0.480 e. The van der Waals surface area contributed by atoms with Gasteiger partial charge in [0.15, 0.2) is 5.82 Å². The first-order chi connectivity index (χ1) is 17.0. The second-order valence-electron chi connectivity index (χ2n) is 7.08. The molecule has 0 saturated heterocycles. The SMILES string of the molecule is COc1ncc(Br)c(-c2cc(Cl)c(C(=O)Nc3cnc(-n4nccn4)c(C(F)(F)F)c3)cc2F)c1N. The third kappa shape index (κ3) is 4.81. The highest BCUT2D eigenvalue weighted by molar-refractivity contribution is 9.10. The lowest BCUT2D eigenvalue weighted by Gasteiger charge is -2.15. The van der Waals surface area contributed by atoms with E-state index in [9.17, 15) is 18.0 Å². The summed E-state index contributed by atoms with van der Waals surface area (Å²) >= 11 is 9.49. The average molecular weight is 587 g/mol. The van der Waals surface area contributed by atoms with Gasteiger partial charge >= 0.3 is 6.18 Å². The monoisotopic (exact) mass is 585 g/mol. The Balaban J connectivity index is 1.69. The molecule has 9 nitrogen and oxygen atoms in total. The Morgan fingerprint density at radius 3 is 2.50 bits per heavy atom. The molecule has 1 aromatic carbocycles. The number of nitrogens with one attached hydrogen (secondary N) is 1. The van der Waals surface area contributed by atoms with Crippen molar-refractivity contribution in [3.63, 3.8) is 0 Å². The summed E-state index contributed by atoms with van der Waals surface area (Å²) in [6, 6.07) is 2.66. The van der Waals surface area contributed by atoms with Crippen LogP contribution in [0.4, 0.5) is 28.9 Å². The van der Waals surface area contributed by atoms with Crippen molar-refractivity contribution in [3.8, 4) is 22.8 Å². The molecule has 186 valence electrons. The van der Waals surface area contributed by atoms with E-state index in [0.717, 1.165) is 18.3 Å². The lowest BCUT2D eigenvalue weighted by atomic mass is 10.0. The van der Waals surface area contributed by atoms with Gasteiger partial charge in [-0.05, 0) is 34.1 Å². The topological polar surface area (TPSA) is 121 Å². The van der Waals surface area contributed by atoms with Gasteiger partial charge in [0, 0.05) is 21.8 Å². The van der Waals surface area contributed by atoms with Gasteiger partial charge in [0.05, 0.1) is 42.0 Å². The first kappa shape index (κ1) is 25.3. The van der Waals surface area contributed by atoms with E-state index in [0.29, 0.717) is 15.3 Å². The molecule has 3 heterocycles. The predicted octanol–water partition coefficient (Wildman–Crippen LogP) is 5.14. The molecule has 0 aliphatic carbocycles. The van der Waals surface area contributed by atoms with Crippen molar-refractivity contribution >= 4 is 44.8 Å². The largest absolute Gasteiger partial charge is 0.480 e. The van der Waals surface area contributed by atoms with Gasteiger partial charge in [0.2, 0.25) is 5.88 Å². The quantitative estimate of drug-likeness (QED) is 0.311. The number of methoxy groups -OCH3 is 1. The normalized spacial score (nSPS) is 11.4. The van der Waals surface area contributed by atoms with Gasteiger partial charge in [-0.1, -0.05) is 11.6 Å². The molecule has 0 atom stereocenters. The number of nitrogens with two attached hydrogens (primary N) is 1. The molecular weight excluding hydrogens is 574 g/mol. The summed E-state index contributed by atoms with van der Waals surface area (Å²) in [6.07, 6.45) is -0.128. The van der Waals surface area contributed by atoms with Crippen molar-refractivity contribution in [1.82, 2.24) is 25.0 Å². The van der Waals surface area contributed by atoms with Gasteiger partial charge in [-0.3, -0.25) is 4.79 Å². The molecule has 0 aliphatic rings. The Bertz CT molecular complexity index is 1470. The zero-order chi connectivity index (χ0) is 26.2. The van der Waals surface area contributed by atoms with Crippen LogP contribution < -0.4 is 15.8 Å². The van der Waals surface area contributed by atoms with E-state index in [2.05, 4.69) is 41.4 Å². The van der Waals surface area contributed by atoms with Crippen molar-refractivity contribution in [2.75, 3.05) is 18.2 Å². The molecule has 1 amide bonds. The fourth-order valence-corrected chi connectivity index (χ4v) is 4.03. The van der Waals surface area contributed by atoms with E-state index < -0.39 is 29.3 Å². The zero-order valence-electron chi connectivity index (χ0n) is 17.9. The number of nitrogens with zero attached hydrogens (tertiary/aromatic N) is 5. The molecule has 0 bridgehead atoms. The first-order valence-electron chi connectivity index (χ1n) is 9.74. The van der Waals surface area contributed by atoms with Gasteiger partial charge in [0.1, 0.15) is 17.1 Å². The summed E-state index contributed by atoms with van der Waals surface area (Å²) in [5.41, 5.74) is 4.34. The molecule has 36 heavy (non-hydrogen) atoms. The standard InChI is InChI=1S/C21H13BrClF4N7O2/c1-36-20-17(28)16(13(22)8-30-20)11-5-14(23)10(6-15(11)24)19(35)33-9-4-12(21(25,26)27)18(29-7-9)34-31-2-3-32-34/h2-8H,28H2,1H3,(H,33,35). The number of pyridine rings is 2. The lowest BCUT2D eigenvalue weighted by Crippen LogP contribution is -2.17. The molecule has 0 unspecified atom stereocenters. The van der Waals surface area contributed by atoms with E-state index in [4.69, 9.17) is 22.1 Å². The van der Waals surface area contributed by atoms with Crippen molar-refractivity contribution < 1.29 is 27.1 Å². The maximum atomic E-state index is 15.1. The van der Waals surface area contributed by atoms with Crippen LogP contribution in [0.25, 0.3) is 16.9 Å². The number of hydrogen-bond acceptors (Lipinski definition) is 7. The second-order valence-corrected chi connectivity index (χ2v) is 8.34. The molecule has 4 aromatic rings. The molecular formula is C21H13BrClF4N7O2. The number of ether oxygens (including phenoxy) is 1. The molecule has 4 rings (SSSR count). The van der Waals surface area contributed by atoms with Crippen LogP contribution in [-0.2, 0) is 6.18 Å². The number of alkyl halides is 3. The third-order valence-electron chi connectivity index (χ3n) is 4.84. The van der Waals surface area contributed by atoms with E-state index in [1.165, 1.54) is 25.7 Å². The number of carbonyl (C=O) groups excluding carboxylic acids is 1. The number of carbonyl (C=O) groups is 1. The highest BCUT2D eigenvalue weighted by atomic mass is 79.9. The molecule has 3 aromatic heterocycles. The minimum atomic E-state index is -4.83. The van der Waals surface area contributed by atoms with E-state index in [1.807, 2.05) is 0 Å². The van der Waals surface area contributed by atoms with Gasteiger partial charge in [-0.2, -0.15) is 23.4 Å². The van der Waals surface area contributed by atoms with Crippen LogP contribution in [0, 0.1) is 5.82 Å². The summed E-state index contributed by atoms with van der Waals surface area (Å²) in [5.74, 6) is -2.38. The van der Waals surface area contributed by atoms with Crippen LogP contribution in [0.3, 0.4) is 0 Å². The molecule has 0 spiro atoms.